The van der Waals surface area contributed by atoms with Crippen molar-refractivity contribution < 1.29 is 0 Å². The molecule has 0 spiro atoms. The Morgan fingerprint density at radius 1 is 0.595 bits per heavy atom. The fourth-order valence-corrected chi connectivity index (χ4v) is 7.16. The van der Waals surface area contributed by atoms with E-state index in [2.05, 4.69) is 125 Å². The SMILES string of the molecule is c1csc(-c2cc3ccccc3c3c(-c4ccc5ccccc5c4)c(-c4cc5ccccc5s4)nn23)c1. The van der Waals surface area contributed by atoms with Gasteiger partial charge in [0, 0.05) is 15.6 Å². The summed E-state index contributed by atoms with van der Waals surface area (Å²) in [5, 5.41) is 13.7. The van der Waals surface area contributed by atoms with Crippen LogP contribution in [0.2, 0.25) is 0 Å². The van der Waals surface area contributed by atoms with Crippen molar-refractivity contribution in [2.24, 2.45) is 0 Å². The highest BCUT2D eigenvalue weighted by Crippen LogP contribution is 2.44. The summed E-state index contributed by atoms with van der Waals surface area (Å²) in [7, 11) is 0. The minimum atomic E-state index is 1.03. The number of benzene rings is 4. The quantitative estimate of drug-likeness (QED) is 0.232. The predicted octanol–water partition coefficient (Wildman–Crippen LogP) is 9.92. The summed E-state index contributed by atoms with van der Waals surface area (Å²) in [4.78, 5) is 2.40. The second-order valence-electron chi connectivity index (χ2n) is 9.29. The minimum absolute atomic E-state index is 1.03. The first-order valence-electron chi connectivity index (χ1n) is 12.3. The lowest BCUT2D eigenvalue weighted by Gasteiger charge is -2.10. The van der Waals surface area contributed by atoms with Crippen molar-refractivity contribution in [1.82, 2.24) is 9.61 Å². The number of aromatic nitrogens is 2. The first-order valence-corrected chi connectivity index (χ1v) is 14.0. The fourth-order valence-electron chi connectivity index (χ4n) is 5.38. The molecule has 174 valence electrons. The van der Waals surface area contributed by atoms with Gasteiger partial charge in [0.2, 0.25) is 0 Å². The summed E-state index contributed by atoms with van der Waals surface area (Å²) in [6.45, 7) is 0. The lowest BCUT2D eigenvalue weighted by molar-refractivity contribution is 0.984. The molecular formula is C33H20N2S2. The normalized spacial score (nSPS) is 11.8. The third kappa shape index (κ3) is 3.27. The molecule has 0 bridgehead atoms. The second kappa shape index (κ2) is 8.13. The van der Waals surface area contributed by atoms with E-state index in [0.29, 0.717) is 0 Å². The summed E-state index contributed by atoms with van der Waals surface area (Å²) < 4.78 is 3.46. The standard InChI is InChI=1S/C33H20N2S2/c1-2-9-22-18-25(16-15-21(22)8-1)31-32(30-20-24-11-4-6-13-28(24)37-30)34-35-27(29-14-7-17-36-29)19-23-10-3-5-12-26(23)33(31)35/h1-20H. The first kappa shape index (κ1) is 20.9. The lowest BCUT2D eigenvalue weighted by atomic mass is 9.97. The van der Waals surface area contributed by atoms with E-state index in [9.17, 15) is 0 Å². The molecule has 0 aliphatic carbocycles. The molecule has 4 heterocycles. The van der Waals surface area contributed by atoms with E-state index in [1.165, 1.54) is 52.5 Å². The van der Waals surface area contributed by atoms with Gasteiger partial charge in [-0.3, -0.25) is 0 Å². The van der Waals surface area contributed by atoms with Crippen molar-refractivity contribution >= 4 is 59.8 Å². The summed E-state index contributed by atoms with van der Waals surface area (Å²) >= 11 is 3.57. The molecule has 2 nitrogen and oxygen atoms in total. The van der Waals surface area contributed by atoms with Crippen LogP contribution >= 0.6 is 22.7 Å². The first-order chi connectivity index (χ1) is 18.3. The maximum absolute atomic E-state index is 5.37. The Morgan fingerprint density at radius 3 is 2.22 bits per heavy atom. The van der Waals surface area contributed by atoms with Crippen LogP contribution in [-0.4, -0.2) is 9.61 Å². The van der Waals surface area contributed by atoms with Crippen molar-refractivity contribution in [3.05, 3.63) is 121 Å². The Morgan fingerprint density at radius 2 is 1.38 bits per heavy atom. The molecule has 0 saturated heterocycles. The number of hydrogen-bond acceptors (Lipinski definition) is 3. The van der Waals surface area contributed by atoms with Crippen LogP contribution in [0, 0.1) is 0 Å². The molecule has 4 aromatic carbocycles. The number of pyridine rings is 1. The van der Waals surface area contributed by atoms with Gasteiger partial charge in [-0.1, -0.05) is 84.9 Å². The number of nitrogens with zero attached hydrogens (tertiary/aromatic N) is 2. The van der Waals surface area contributed by atoms with Crippen LogP contribution < -0.4 is 0 Å². The largest absolute Gasteiger partial charge is 0.230 e. The Balaban J connectivity index is 1.55. The van der Waals surface area contributed by atoms with Crippen molar-refractivity contribution in [2.45, 2.75) is 0 Å². The van der Waals surface area contributed by atoms with Crippen LogP contribution in [0.25, 0.3) is 69.4 Å². The number of fused-ring (bicyclic) bond motifs is 5. The van der Waals surface area contributed by atoms with E-state index in [-0.39, 0.29) is 0 Å². The van der Waals surface area contributed by atoms with E-state index in [1.54, 1.807) is 11.3 Å². The molecule has 4 heteroatoms. The third-order valence-electron chi connectivity index (χ3n) is 7.09. The van der Waals surface area contributed by atoms with Gasteiger partial charge in [0.15, 0.2) is 0 Å². The Hall–Kier alpha value is -4.25. The average Bonchev–Trinajstić information content (AvgIpc) is 3.71. The van der Waals surface area contributed by atoms with Crippen molar-refractivity contribution in [3.63, 3.8) is 0 Å². The highest BCUT2D eigenvalue weighted by Gasteiger charge is 2.23. The van der Waals surface area contributed by atoms with Crippen LogP contribution in [0.4, 0.5) is 0 Å². The number of thiophene rings is 2. The molecule has 0 radical (unpaired) electrons. The predicted molar refractivity (Wildman–Crippen MR) is 160 cm³/mol. The van der Waals surface area contributed by atoms with Crippen LogP contribution in [0.5, 0.6) is 0 Å². The molecular weight excluding hydrogens is 489 g/mol. The van der Waals surface area contributed by atoms with Crippen molar-refractivity contribution in [2.75, 3.05) is 0 Å². The third-order valence-corrected chi connectivity index (χ3v) is 9.11. The van der Waals surface area contributed by atoms with Gasteiger partial charge in [0.1, 0.15) is 5.69 Å². The molecule has 0 atom stereocenters. The summed E-state index contributed by atoms with van der Waals surface area (Å²) in [6.07, 6.45) is 0. The molecule has 8 rings (SSSR count). The number of rotatable bonds is 3. The summed E-state index contributed by atoms with van der Waals surface area (Å²) in [6, 6.07) is 41.5. The van der Waals surface area contributed by atoms with Crippen molar-refractivity contribution in [3.8, 4) is 32.3 Å². The molecule has 8 aromatic rings. The zero-order valence-electron chi connectivity index (χ0n) is 19.8. The zero-order chi connectivity index (χ0) is 24.3. The van der Waals surface area contributed by atoms with Gasteiger partial charge in [-0.15, -0.1) is 22.7 Å². The monoisotopic (exact) mass is 508 g/mol. The smallest absolute Gasteiger partial charge is 0.111 e. The van der Waals surface area contributed by atoms with Crippen LogP contribution in [0.1, 0.15) is 0 Å². The Bertz CT molecular complexity index is 2060. The summed E-state index contributed by atoms with van der Waals surface area (Å²) in [5.74, 6) is 0. The van der Waals surface area contributed by atoms with Crippen LogP contribution in [-0.2, 0) is 0 Å². The molecule has 0 N–H and O–H groups in total. The van der Waals surface area contributed by atoms with Gasteiger partial charge >= 0.3 is 0 Å². The highest BCUT2D eigenvalue weighted by atomic mass is 32.1. The van der Waals surface area contributed by atoms with Gasteiger partial charge < -0.3 is 0 Å². The van der Waals surface area contributed by atoms with Gasteiger partial charge in [-0.25, -0.2) is 4.52 Å². The van der Waals surface area contributed by atoms with E-state index >= 15 is 0 Å². The second-order valence-corrected chi connectivity index (χ2v) is 11.3. The molecule has 0 aliphatic heterocycles. The van der Waals surface area contributed by atoms with Crippen molar-refractivity contribution in [1.29, 1.82) is 0 Å². The molecule has 37 heavy (non-hydrogen) atoms. The van der Waals surface area contributed by atoms with Gasteiger partial charge in [0.25, 0.3) is 0 Å². The Kier molecular flexibility index (Phi) is 4.59. The van der Waals surface area contributed by atoms with Crippen LogP contribution in [0.15, 0.2) is 121 Å². The fraction of sp³-hybridized carbons (Fsp3) is 0. The number of hydrogen-bond donors (Lipinski definition) is 0. The zero-order valence-corrected chi connectivity index (χ0v) is 21.4. The van der Waals surface area contributed by atoms with E-state index < -0.39 is 0 Å². The lowest BCUT2D eigenvalue weighted by Crippen LogP contribution is -1.94. The molecule has 4 aromatic heterocycles. The Labute approximate surface area is 221 Å². The molecule has 0 amide bonds. The van der Waals surface area contributed by atoms with E-state index in [0.717, 1.165) is 16.9 Å². The maximum Gasteiger partial charge on any atom is 0.111 e. The minimum Gasteiger partial charge on any atom is -0.230 e. The van der Waals surface area contributed by atoms with Gasteiger partial charge in [-0.2, -0.15) is 5.10 Å². The van der Waals surface area contributed by atoms with E-state index in [1.807, 2.05) is 11.3 Å². The van der Waals surface area contributed by atoms with Gasteiger partial charge in [-0.05, 0) is 62.8 Å². The van der Waals surface area contributed by atoms with E-state index in [4.69, 9.17) is 5.10 Å². The summed E-state index contributed by atoms with van der Waals surface area (Å²) in [5.41, 5.74) is 5.69. The molecule has 0 unspecified atom stereocenters. The highest BCUT2D eigenvalue weighted by molar-refractivity contribution is 7.22. The molecule has 0 saturated carbocycles. The maximum atomic E-state index is 5.37. The molecule has 0 aliphatic rings. The molecule has 0 fully saturated rings. The van der Waals surface area contributed by atoms with Gasteiger partial charge in [0.05, 0.1) is 21.0 Å². The topological polar surface area (TPSA) is 17.3 Å². The van der Waals surface area contributed by atoms with Crippen LogP contribution in [0.3, 0.4) is 0 Å². The average molecular weight is 509 g/mol.